The number of carbonyl (C=O) groups is 2. The standard InChI is InChI=1S/C29H32F2N4O3/c1-7-16(4)18-12-22(38-6)25(31)27(24(18)30)35-15-17-14-33-21(13-19(17)29(10-11-29)28(35)37)26(32-5)20(8-2)34-23(36)9-3/h8-9,12-14,16H,3,7,10-11,15H2,1-2,4-6H3,(H,34,36)/b20-8+,32-26?. The molecule has 1 aliphatic carbocycles. The average molecular weight is 523 g/mol. The molecule has 1 aromatic heterocycles. The first kappa shape index (κ1) is 27.2. The molecule has 1 spiro atoms. The van der Waals surface area contributed by atoms with Crippen LogP contribution >= 0.6 is 0 Å². The van der Waals surface area contributed by atoms with Gasteiger partial charge in [-0.2, -0.15) is 0 Å². The molecule has 1 N–H and O–H groups in total. The van der Waals surface area contributed by atoms with Gasteiger partial charge in [0.05, 0.1) is 30.5 Å². The number of carbonyl (C=O) groups excluding carboxylic acids is 2. The van der Waals surface area contributed by atoms with Crippen LogP contribution < -0.4 is 15.0 Å². The van der Waals surface area contributed by atoms with E-state index in [0.717, 1.165) is 11.6 Å². The first-order valence-corrected chi connectivity index (χ1v) is 12.6. The number of methoxy groups -OCH3 is 1. The van der Waals surface area contributed by atoms with Crippen molar-refractivity contribution < 1.29 is 23.1 Å². The maximum atomic E-state index is 15.8. The molecule has 1 aliphatic heterocycles. The SMILES string of the molecule is C=CC(=O)N/C(=C/C)C(=NC)c1cc2c(cn1)CN(c1c(F)c(OC)cc(C(C)CC)c1F)C(=O)C21CC1. The van der Waals surface area contributed by atoms with Gasteiger partial charge in [-0.15, -0.1) is 0 Å². The normalized spacial score (nSPS) is 17.2. The van der Waals surface area contributed by atoms with Crippen LogP contribution in [0.4, 0.5) is 14.5 Å². The predicted molar refractivity (Wildman–Crippen MR) is 143 cm³/mol. The summed E-state index contributed by atoms with van der Waals surface area (Å²) in [6.07, 6.45) is 6.21. The number of benzene rings is 1. The van der Waals surface area contributed by atoms with E-state index < -0.39 is 17.0 Å². The van der Waals surface area contributed by atoms with Gasteiger partial charge in [-0.3, -0.25) is 19.6 Å². The van der Waals surface area contributed by atoms with Gasteiger partial charge in [0, 0.05) is 13.2 Å². The second-order valence-electron chi connectivity index (χ2n) is 9.62. The molecule has 1 unspecified atom stereocenters. The molecule has 200 valence electrons. The highest BCUT2D eigenvalue weighted by atomic mass is 19.1. The maximum absolute atomic E-state index is 15.8. The van der Waals surface area contributed by atoms with Gasteiger partial charge in [-0.25, -0.2) is 8.78 Å². The maximum Gasteiger partial charge on any atom is 0.247 e. The molecular weight excluding hydrogens is 490 g/mol. The van der Waals surface area contributed by atoms with Crippen molar-refractivity contribution >= 4 is 23.2 Å². The van der Waals surface area contributed by atoms with Gasteiger partial charge in [0.15, 0.2) is 17.4 Å². The Balaban J connectivity index is 1.81. The van der Waals surface area contributed by atoms with Crippen LogP contribution in [0.15, 0.2) is 47.7 Å². The minimum atomic E-state index is -0.900. The van der Waals surface area contributed by atoms with E-state index in [-0.39, 0.29) is 35.7 Å². The zero-order valence-corrected chi connectivity index (χ0v) is 22.3. The van der Waals surface area contributed by atoms with Crippen LogP contribution in [-0.4, -0.2) is 36.7 Å². The van der Waals surface area contributed by atoms with E-state index in [1.165, 1.54) is 18.1 Å². The van der Waals surface area contributed by atoms with E-state index in [2.05, 4.69) is 21.9 Å². The topological polar surface area (TPSA) is 83.9 Å². The average Bonchev–Trinajstić information content (AvgIpc) is 3.73. The van der Waals surface area contributed by atoms with Crippen molar-refractivity contribution in [1.82, 2.24) is 10.3 Å². The largest absolute Gasteiger partial charge is 0.494 e. The number of anilines is 1. The molecule has 38 heavy (non-hydrogen) atoms. The van der Waals surface area contributed by atoms with E-state index in [0.29, 0.717) is 47.5 Å². The first-order chi connectivity index (χ1) is 18.2. The van der Waals surface area contributed by atoms with Gasteiger partial charge >= 0.3 is 0 Å². The molecular formula is C29H32F2N4O3. The van der Waals surface area contributed by atoms with Gasteiger partial charge < -0.3 is 15.0 Å². The molecule has 1 fully saturated rings. The number of hydrogen-bond acceptors (Lipinski definition) is 5. The minimum Gasteiger partial charge on any atom is -0.494 e. The lowest BCUT2D eigenvalue weighted by atomic mass is 9.85. The van der Waals surface area contributed by atoms with E-state index in [1.54, 1.807) is 32.3 Å². The van der Waals surface area contributed by atoms with Crippen molar-refractivity contribution in [3.8, 4) is 5.75 Å². The zero-order valence-electron chi connectivity index (χ0n) is 22.3. The molecule has 0 radical (unpaired) electrons. The summed E-state index contributed by atoms with van der Waals surface area (Å²) < 4.78 is 36.5. The number of nitrogens with one attached hydrogen (secondary N) is 1. The third kappa shape index (κ3) is 4.40. The summed E-state index contributed by atoms with van der Waals surface area (Å²) in [6.45, 7) is 8.97. The number of halogens is 2. The van der Waals surface area contributed by atoms with Crippen molar-refractivity contribution in [2.24, 2.45) is 4.99 Å². The van der Waals surface area contributed by atoms with Crippen LogP contribution in [0.3, 0.4) is 0 Å². The van der Waals surface area contributed by atoms with Gasteiger partial charge in [-0.1, -0.05) is 26.5 Å². The summed E-state index contributed by atoms with van der Waals surface area (Å²) in [4.78, 5) is 35.9. The van der Waals surface area contributed by atoms with Crippen molar-refractivity contribution in [2.45, 2.75) is 57.9 Å². The van der Waals surface area contributed by atoms with E-state index in [1.807, 2.05) is 13.8 Å². The highest BCUT2D eigenvalue weighted by molar-refractivity contribution is 6.14. The molecule has 2 amide bonds. The van der Waals surface area contributed by atoms with Crippen molar-refractivity contribution in [2.75, 3.05) is 19.1 Å². The number of rotatable bonds is 8. The summed E-state index contributed by atoms with van der Waals surface area (Å²) in [5.74, 6) is -2.68. The van der Waals surface area contributed by atoms with Crippen molar-refractivity contribution in [1.29, 1.82) is 0 Å². The van der Waals surface area contributed by atoms with E-state index >= 15 is 8.78 Å². The Kier molecular flexibility index (Phi) is 7.49. The monoisotopic (exact) mass is 522 g/mol. The molecule has 2 aliphatic rings. The Hall–Kier alpha value is -3.88. The Morgan fingerprint density at radius 1 is 1.34 bits per heavy atom. The summed E-state index contributed by atoms with van der Waals surface area (Å²) in [7, 11) is 2.91. The molecule has 1 atom stereocenters. The van der Waals surface area contributed by atoms with Crippen LogP contribution in [0.2, 0.25) is 0 Å². The van der Waals surface area contributed by atoms with Crippen molar-refractivity contribution in [3.05, 3.63) is 76.8 Å². The Bertz CT molecular complexity index is 1380. The lowest BCUT2D eigenvalue weighted by molar-refractivity contribution is -0.121. The van der Waals surface area contributed by atoms with Crippen LogP contribution in [-0.2, 0) is 21.5 Å². The lowest BCUT2D eigenvalue weighted by Gasteiger charge is -2.35. The quantitative estimate of drug-likeness (QED) is 0.387. The number of ether oxygens (including phenoxy) is 1. The third-order valence-electron chi connectivity index (χ3n) is 7.49. The summed E-state index contributed by atoms with van der Waals surface area (Å²) in [5.41, 5.74) is 1.87. The van der Waals surface area contributed by atoms with Crippen LogP contribution in [0.5, 0.6) is 5.75 Å². The highest BCUT2D eigenvalue weighted by Gasteiger charge is 2.57. The molecule has 2 aromatic rings. The van der Waals surface area contributed by atoms with Crippen LogP contribution in [0.25, 0.3) is 0 Å². The summed E-state index contributed by atoms with van der Waals surface area (Å²) in [6, 6.07) is 3.17. The highest BCUT2D eigenvalue weighted by Crippen LogP contribution is 2.55. The number of allylic oxidation sites excluding steroid dienone is 2. The summed E-state index contributed by atoms with van der Waals surface area (Å²) in [5, 5.41) is 2.72. The predicted octanol–water partition coefficient (Wildman–Crippen LogP) is 5.09. The lowest BCUT2D eigenvalue weighted by Crippen LogP contribution is -2.45. The van der Waals surface area contributed by atoms with E-state index in [9.17, 15) is 9.59 Å². The molecule has 0 saturated heterocycles. The Morgan fingerprint density at radius 3 is 2.61 bits per heavy atom. The second-order valence-corrected chi connectivity index (χ2v) is 9.62. The number of amides is 2. The smallest absolute Gasteiger partial charge is 0.247 e. The number of aromatic nitrogens is 1. The van der Waals surface area contributed by atoms with Gasteiger partial charge in [0.25, 0.3) is 0 Å². The fraction of sp³-hybridized carbons (Fsp3) is 0.379. The van der Waals surface area contributed by atoms with Crippen LogP contribution in [0, 0.1) is 11.6 Å². The fourth-order valence-electron chi connectivity index (χ4n) is 5.00. The first-order valence-electron chi connectivity index (χ1n) is 12.6. The van der Waals surface area contributed by atoms with Gasteiger partial charge in [-0.05, 0) is 67.0 Å². The third-order valence-corrected chi connectivity index (χ3v) is 7.49. The molecule has 1 aromatic carbocycles. The van der Waals surface area contributed by atoms with Crippen molar-refractivity contribution in [3.63, 3.8) is 0 Å². The molecule has 9 heteroatoms. The van der Waals surface area contributed by atoms with E-state index in [4.69, 9.17) is 4.74 Å². The number of nitrogens with zero attached hydrogens (tertiary/aromatic N) is 3. The second kappa shape index (κ2) is 10.5. The molecule has 0 bridgehead atoms. The molecule has 7 nitrogen and oxygen atoms in total. The molecule has 2 heterocycles. The molecule has 1 saturated carbocycles. The Labute approximate surface area is 221 Å². The van der Waals surface area contributed by atoms with Gasteiger partial charge in [0.2, 0.25) is 11.8 Å². The zero-order chi connectivity index (χ0) is 27.8. The number of fused-ring (bicyclic) bond motifs is 2. The minimum absolute atomic E-state index is 0.0353. The van der Waals surface area contributed by atoms with Crippen LogP contribution in [0.1, 0.15) is 68.3 Å². The number of hydrogen-bond donors (Lipinski definition) is 1. The molecule has 4 rings (SSSR count). The Morgan fingerprint density at radius 2 is 2.05 bits per heavy atom. The van der Waals surface area contributed by atoms with Gasteiger partial charge in [0.1, 0.15) is 11.4 Å². The summed E-state index contributed by atoms with van der Waals surface area (Å²) >= 11 is 0. The number of aliphatic imine (C=N–C) groups is 1. The fourth-order valence-corrected chi connectivity index (χ4v) is 5.00. The number of pyridine rings is 1.